The Morgan fingerprint density at radius 2 is 2.05 bits per heavy atom. The SMILES string of the molecule is FC(F)(F)c1cccc(N2CCN[C@@H]3CCC[C@@H]32)c1. The lowest BCUT2D eigenvalue weighted by Crippen LogP contribution is -2.55. The van der Waals surface area contributed by atoms with Gasteiger partial charge >= 0.3 is 6.18 Å². The van der Waals surface area contributed by atoms with Crippen molar-refractivity contribution in [1.82, 2.24) is 5.32 Å². The third kappa shape index (κ3) is 2.43. The number of anilines is 1. The van der Waals surface area contributed by atoms with Gasteiger partial charge in [0.1, 0.15) is 0 Å². The standard InChI is InChI=1S/C14H17F3N2/c15-14(16,17)10-3-1-4-11(9-10)19-8-7-18-12-5-2-6-13(12)19/h1,3-4,9,12-13,18H,2,5-8H2/t12-,13+/m1/s1. The summed E-state index contributed by atoms with van der Waals surface area (Å²) >= 11 is 0. The maximum absolute atomic E-state index is 12.8. The molecule has 0 unspecified atom stereocenters. The molecule has 2 fully saturated rings. The van der Waals surface area contributed by atoms with Crippen LogP contribution < -0.4 is 10.2 Å². The summed E-state index contributed by atoms with van der Waals surface area (Å²) in [5, 5.41) is 3.46. The van der Waals surface area contributed by atoms with Crippen LogP contribution in [-0.2, 0) is 6.18 Å². The third-order valence-electron chi connectivity index (χ3n) is 4.14. The maximum atomic E-state index is 12.8. The second kappa shape index (κ2) is 4.71. The number of alkyl halides is 3. The lowest BCUT2D eigenvalue weighted by molar-refractivity contribution is -0.137. The van der Waals surface area contributed by atoms with Gasteiger partial charge in [-0.2, -0.15) is 13.2 Å². The average Bonchev–Trinajstić information content (AvgIpc) is 2.86. The molecule has 0 bridgehead atoms. The first kappa shape index (κ1) is 12.8. The van der Waals surface area contributed by atoms with E-state index >= 15 is 0 Å². The Kier molecular flexibility index (Phi) is 3.17. The van der Waals surface area contributed by atoms with Crippen LogP contribution in [-0.4, -0.2) is 25.2 Å². The van der Waals surface area contributed by atoms with Crippen molar-refractivity contribution in [2.24, 2.45) is 0 Å². The summed E-state index contributed by atoms with van der Waals surface area (Å²) in [4.78, 5) is 2.14. The quantitative estimate of drug-likeness (QED) is 0.844. The first-order valence-corrected chi connectivity index (χ1v) is 6.73. The monoisotopic (exact) mass is 270 g/mol. The fourth-order valence-corrected chi connectivity index (χ4v) is 3.27. The molecule has 1 saturated carbocycles. The van der Waals surface area contributed by atoms with Crippen molar-refractivity contribution in [2.75, 3.05) is 18.0 Å². The predicted octanol–water partition coefficient (Wildman–Crippen LogP) is 3.04. The summed E-state index contributed by atoms with van der Waals surface area (Å²) in [6.45, 7) is 1.62. The van der Waals surface area contributed by atoms with Gasteiger partial charge in [0.15, 0.2) is 0 Å². The highest BCUT2D eigenvalue weighted by Gasteiger charge is 2.36. The summed E-state index contributed by atoms with van der Waals surface area (Å²) in [5.74, 6) is 0. The van der Waals surface area contributed by atoms with E-state index in [4.69, 9.17) is 0 Å². The minimum atomic E-state index is -4.26. The molecular formula is C14H17F3N2. The molecule has 1 aliphatic heterocycles. The van der Waals surface area contributed by atoms with E-state index in [1.807, 2.05) is 0 Å². The van der Waals surface area contributed by atoms with Crippen molar-refractivity contribution in [1.29, 1.82) is 0 Å². The molecule has 2 atom stereocenters. The van der Waals surface area contributed by atoms with Gasteiger partial charge in [0.2, 0.25) is 0 Å². The van der Waals surface area contributed by atoms with E-state index in [-0.39, 0.29) is 0 Å². The largest absolute Gasteiger partial charge is 0.416 e. The van der Waals surface area contributed by atoms with E-state index in [0.717, 1.165) is 38.4 Å². The Balaban J connectivity index is 1.89. The van der Waals surface area contributed by atoms with Gasteiger partial charge in [-0.25, -0.2) is 0 Å². The van der Waals surface area contributed by atoms with Gasteiger partial charge in [0, 0.05) is 30.9 Å². The molecule has 1 heterocycles. The Hall–Kier alpha value is -1.23. The number of piperazine rings is 1. The molecule has 1 aromatic carbocycles. The van der Waals surface area contributed by atoms with Gasteiger partial charge in [-0.1, -0.05) is 6.07 Å². The highest BCUT2D eigenvalue weighted by molar-refractivity contribution is 5.51. The van der Waals surface area contributed by atoms with Crippen molar-refractivity contribution >= 4 is 5.69 Å². The van der Waals surface area contributed by atoms with E-state index in [2.05, 4.69) is 10.2 Å². The maximum Gasteiger partial charge on any atom is 0.416 e. The molecule has 0 amide bonds. The highest BCUT2D eigenvalue weighted by Crippen LogP contribution is 2.35. The van der Waals surface area contributed by atoms with Crippen LogP contribution in [0.3, 0.4) is 0 Å². The van der Waals surface area contributed by atoms with Gasteiger partial charge in [-0.05, 0) is 37.5 Å². The predicted molar refractivity (Wildman–Crippen MR) is 68.2 cm³/mol. The van der Waals surface area contributed by atoms with Crippen LogP contribution >= 0.6 is 0 Å². The molecule has 1 aliphatic carbocycles. The van der Waals surface area contributed by atoms with Crippen molar-refractivity contribution in [2.45, 2.75) is 37.5 Å². The third-order valence-corrected chi connectivity index (χ3v) is 4.14. The number of nitrogens with zero attached hydrogens (tertiary/aromatic N) is 1. The molecule has 5 heteroatoms. The number of benzene rings is 1. The summed E-state index contributed by atoms with van der Waals surface area (Å²) in [6.07, 6.45) is -0.926. The minimum Gasteiger partial charge on any atom is -0.366 e. The van der Waals surface area contributed by atoms with E-state index in [1.54, 1.807) is 6.07 Å². The van der Waals surface area contributed by atoms with Crippen LogP contribution in [0, 0.1) is 0 Å². The fraction of sp³-hybridized carbons (Fsp3) is 0.571. The minimum absolute atomic E-state index is 0.345. The van der Waals surface area contributed by atoms with Crippen LogP contribution in [0.25, 0.3) is 0 Å². The Morgan fingerprint density at radius 1 is 1.21 bits per heavy atom. The lowest BCUT2D eigenvalue weighted by Gasteiger charge is -2.40. The smallest absolute Gasteiger partial charge is 0.366 e. The number of rotatable bonds is 1. The molecule has 2 nitrogen and oxygen atoms in total. The average molecular weight is 270 g/mol. The van der Waals surface area contributed by atoms with E-state index < -0.39 is 11.7 Å². The topological polar surface area (TPSA) is 15.3 Å². The summed E-state index contributed by atoms with van der Waals surface area (Å²) in [7, 11) is 0. The van der Waals surface area contributed by atoms with Gasteiger partial charge in [0.05, 0.1) is 5.56 Å². The first-order valence-electron chi connectivity index (χ1n) is 6.73. The second-order valence-corrected chi connectivity index (χ2v) is 5.30. The summed E-state index contributed by atoms with van der Waals surface area (Å²) < 4.78 is 38.3. The Labute approximate surface area is 110 Å². The molecule has 1 aromatic rings. The number of hydrogen-bond acceptors (Lipinski definition) is 2. The van der Waals surface area contributed by atoms with Crippen molar-refractivity contribution in [3.05, 3.63) is 29.8 Å². The van der Waals surface area contributed by atoms with E-state index in [1.165, 1.54) is 12.1 Å². The number of nitrogens with one attached hydrogen (secondary N) is 1. The molecule has 0 radical (unpaired) electrons. The van der Waals surface area contributed by atoms with Gasteiger partial charge in [0.25, 0.3) is 0 Å². The van der Waals surface area contributed by atoms with Crippen LogP contribution in [0.2, 0.25) is 0 Å². The number of fused-ring (bicyclic) bond motifs is 1. The molecular weight excluding hydrogens is 253 g/mol. The van der Waals surface area contributed by atoms with Gasteiger partial charge in [-0.15, -0.1) is 0 Å². The fourth-order valence-electron chi connectivity index (χ4n) is 3.27. The normalized spacial score (nSPS) is 27.4. The van der Waals surface area contributed by atoms with Crippen molar-refractivity contribution in [3.8, 4) is 0 Å². The number of halogens is 3. The van der Waals surface area contributed by atoms with Crippen LogP contribution in [0.1, 0.15) is 24.8 Å². The number of hydrogen-bond donors (Lipinski definition) is 1. The molecule has 3 rings (SSSR count). The lowest BCUT2D eigenvalue weighted by atomic mass is 10.1. The molecule has 19 heavy (non-hydrogen) atoms. The van der Waals surface area contributed by atoms with Crippen LogP contribution in [0.4, 0.5) is 18.9 Å². The molecule has 0 spiro atoms. The Morgan fingerprint density at radius 3 is 2.84 bits per heavy atom. The zero-order valence-electron chi connectivity index (χ0n) is 10.6. The van der Waals surface area contributed by atoms with Crippen LogP contribution in [0.5, 0.6) is 0 Å². The second-order valence-electron chi connectivity index (χ2n) is 5.30. The van der Waals surface area contributed by atoms with Gasteiger partial charge in [-0.3, -0.25) is 0 Å². The van der Waals surface area contributed by atoms with Crippen molar-refractivity contribution in [3.63, 3.8) is 0 Å². The van der Waals surface area contributed by atoms with E-state index in [9.17, 15) is 13.2 Å². The first-order chi connectivity index (χ1) is 9.05. The molecule has 2 aliphatic rings. The molecule has 0 aromatic heterocycles. The summed E-state index contributed by atoms with van der Waals surface area (Å²) in [5.41, 5.74) is 0.145. The van der Waals surface area contributed by atoms with E-state index in [0.29, 0.717) is 17.8 Å². The van der Waals surface area contributed by atoms with Crippen LogP contribution in [0.15, 0.2) is 24.3 Å². The highest BCUT2D eigenvalue weighted by atomic mass is 19.4. The zero-order chi connectivity index (χ0) is 13.5. The van der Waals surface area contributed by atoms with Gasteiger partial charge < -0.3 is 10.2 Å². The summed E-state index contributed by atoms with van der Waals surface area (Å²) in [6, 6.07) is 6.49. The molecule has 1 saturated heterocycles. The van der Waals surface area contributed by atoms with Crippen molar-refractivity contribution < 1.29 is 13.2 Å². The molecule has 1 N–H and O–H groups in total. The Bertz CT molecular complexity index is 458. The zero-order valence-corrected chi connectivity index (χ0v) is 10.6. The molecule has 104 valence electrons.